The van der Waals surface area contributed by atoms with Crippen LogP contribution >= 0.6 is 11.6 Å². The van der Waals surface area contributed by atoms with E-state index in [1.54, 1.807) is 24.3 Å². The molecule has 0 aliphatic heterocycles. The molecule has 3 rings (SSSR count). The standard InChI is InChI=1S/C21H17ClFN3O5/c1-11-18(20(26-31-11)19-15(22)4-3-5-16(19)23)21(29)30-10-17(28)25-14-8-6-13(7-9-14)24-12(2)27/h3-9H,10H2,1-2H3,(H,24,27)(H,25,28). The zero-order chi connectivity index (χ0) is 22.5. The first-order valence-corrected chi connectivity index (χ1v) is 9.39. The molecule has 1 aromatic heterocycles. The van der Waals surface area contributed by atoms with Gasteiger partial charge in [-0.3, -0.25) is 9.59 Å². The predicted octanol–water partition coefficient (Wildman–Crippen LogP) is 4.20. The van der Waals surface area contributed by atoms with Gasteiger partial charge >= 0.3 is 5.97 Å². The molecule has 0 saturated heterocycles. The average molecular weight is 446 g/mol. The molecule has 3 aromatic rings. The first-order valence-electron chi connectivity index (χ1n) is 9.01. The molecule has 1 heterocycles. The van der Waals surface area contributed by atoms with Crippen LogP contribution in [0, 0.1) is 12.7 Å². The minimum Gasteiger partial charge on any atom is -0.452 e. The van der Waals surface area contributed by atoms with E-state index in [4.69, 9.17) is 20.9 Å². The Morgan fingerprint density at radius 1 is 1.10 bits per heavy atom. The molecular formula is C21H17ClFN3O5. The summed E-state index contributed by atoms with van der Waals surface area (Å²) in [6.07, 6.45) is 0. The second-order valence-corrected chi connectivity index (χ2v) is 6.85. The highest BCUT2D eigenvalue weighted by molar-refractivity contribution is 6.33. The molecule has 0 atom stereocenters. The number of carbonyl (C=O) groups excluding carboxylic acids is 3. The van der Waals surface area contributed by atoms with Crippen LogP contribution < -0.4 is 10.6 Å². The summed E-state index contributed by atoms with van der Waals surface area (Å²) in [5.41, 5.74) is 0.671. The van der Waals surface area contributed by atoms with E-state index in [-0.39, 0.29) is 33.5 Å². The predicted molar refractivity (Wildman–Crippen MR) is 111 cm³/mol. The van der Waals surface area contributed by atoms with Crippen LogP contribution in [0.15, 0.2) is 47.0 Å². The molecule has 0 bridgehead atoms. The number of nitrogens with one attached hydrogen (secondary N) is 2. The van der Waals surface area contributed by atoms with Gasteiger partial charge in [0, 0.05) is 18.3 Å². The van der Waals surface area contributed by atoms with E-state index in [2.05, 4.69) is 15.8 Å². The smallest absolute Gasteiger partial charge is 0.344 e. The molecule has 2 aromatic carbocycles. The third-order valence-electron chi connectivity index (χ3n) is 4.09. The molecule has 2 amide bonds. The Balaban J connectivity index is 1.67. The molecule has 10 heteroatoms. The number of carbonyl (C=O) groups is 3. The van der Waals surface area contributed by atoms with Crippen molar-refractivity contribution in [1.82, 2.24) is 5.16 Å². The van der Waals surface area contributed by atoms with Gasteiger partial charge in [0.25, 0.3) is 5.91 Å². The summed E-state index contributed by atoms with van der Waals surface area (Å²) in [6, 6.07) is 10.4. The molecule has 0 spiro atoms. The van der Waals surface area contributed by atoms with Gasteiger partial charge < -0.3 is 19.9 Å². The number of amides is 2. The van der Waals surface area contributed by atoms with Crippen molar-refractivity contribution in [3.8, 4) is 11.3 Å². The van der Waals surface area contributed by atoms with Gasteiger partial charge in [-0.25, -0.2) is 9.18 Å². The van der Waals surface area contributed by atoms with Crippen LogP contribution in [-0.2, 0) is 14.3 Å². The molecule has 0 radical (unpaired) electrons. The van der Waals surface area contributed by atoms with Crippen molar-refractivity contribution in [1.29, 1.82) is 0 Å². The number of benzene rings is 2. The Morgan fingerprint density at radius 2 is 1.74 bits per heavy atom. The van der Waals surface area contributed by atoms with E-state index in [0.717, 1.165) is 0 Å². The van der Waals surface area contributed by atoms with Crippen LogP contribution in [0.3, 0.4) is 0 Å². The number of esters is 1. The van der Waals surface area contributed by atoms with Crippen molar-refractivity contribution in [2.24, 2.45) is 0 Å². The van der Waals surface area contributed by atoms with Crippen LogP contribution in [0.2, 0.25) is 5.02 Å². The zero-order valence-electron chi connectivity index (χ0n) is 16.5. The fourth-order valence-corrected chi connectivity index (χ4v) is 3.00. The molecule has 0 aliphatic rings. The number of ether oxygens (including phenoxy) is 1. The van der Waals surface area contributed by atoms with Crippen molar-refractivity contribution in [2.75, 3.05) is 17.2 Å². The normalized spacial score (nSPS) is 10.5. The SMILES string of the molecule is CC(=O)Nc1ccc(NC(=O)COC(=O)c2c(-c3c(F)cccc3Cl)noc2C)cc1. The lowest BCUT2D eigenvalue weighted by atomic mass is 10.1. The number of aromatic nitrogens is 1. The number of hydrogen-bond acceptors (Lipinski definition) is 6. The molecule has 0 unspecified atom stereocenters. The second kappa shape index (κ2) is 9.40. The van der Waals surface area contributed by atoms with E-state index < -0.39 is 24.3 Å². The minimum atomic E-state index is -0.913. The molecule has 0 saturated carbocycles. The third kappa shape index (κ3) is 5.26. The quantitative estimate of drug-likeness (QED) is 0.550. The Bertz CT molecular complexity index is 1120. The summed E-state index contributed by atoms with van der Waals surface area (Å²) in [4.78, 5) is 35.7. The highest BCUT2D eigenvalue weighted by atomic mass is 35.5. The lowest BCUT2D eigenvalue weighted by Crippen LogP contribution is -2.21. The maximum absolute atomic E-state index is 14.2. The molecule has 8 nitrogen and oxygen atoms in total. The maximum Gasteiger partial charge on any atom is 0.344 e. The van der Waals surface area contributed by atoms with Crippen LogP contribution in [0.5, 0.6) is 0 Å². The lowest BCUT2D eigenvalue weighted by Gasteiger charge is -2.08. The Morgan fingerprint density at radius 3 is 2.35 bits per heavy atom. The summed E-state index contributed by atoms with van der Waals surface area (Å²) in [5.74, 6) is -2.32. The number of aryl methyl sites for hydroxylation is 1. The third-order valence-corrected chi connectivity index (χ3v) is 4.40. The average Bonchev–Trinajstić information content (AvgIpc) is 3.08. The summed E-state index contributed by atoms with van der Waals surface area (Å²) in [6.45, 7) is 2.24. The number of nitrogens with zero attached hydrogens (tertiary/aromatic N) is 1. The van der Waals surface area contributed by atoms with Crippen molar-refractivity contribution in [3.05, 3.63) is 64.6 Å². The number of anilines is 2. The first kappa shape index (κ1) is 22.0. The van der Waals surface area contributed by atoms with E-state index in [9.17, 15) is 18.8 Å². The van der Waals surface area contributed by atoms with Gasteiger partial charge in [-0.05, 0) is 43.3 Å². The summed E-state index contributed by atoms with van der Waals surface area (Å²) < 4.78 is 24.3. The number of rotatable bonds is 6. The molecule has 31 heavy (non-hydrogen) atoms. The summed E-state index contributed by atoms with van der Waals surface area (Å²) >= 11 is 6.05. The summed E-state index contributed by atoms with van der Waals surface area (Å²) in [7, 11) is 0. The van der Waals surface area contributed by atoms with Crippen LogP contribution in [0.4, 0.5) is 15.8 Å². The van der Waals surface area contributed by atoms with Gasteiger partial charge in [-0.1, -0.05) is 22.8 Å². The van der Waals surface area contributed by atoms with Gasteiger partial charge in [0.05, 0.1) is 10.6 Å². The number of hydrogen-bond donors (Lipinski definition) is 2. The molecule has 0 aliphatic carbocycles. The molecule has 0 fully saturated rings. The van der Waals surface area contributed by atoms with E-state index >= 15 is 0 Å². The highest BCUT2D eigenvalue weighted by Gasteiger charge is 2.27. The van der Waals surface area contributed by atoms with Gasteiger partial charge in [-0.15, -0.1) is 0 Å². The fourth-order valence-electron chi connectivity index (χ4n) is 2.75. The summed E-state index contributed by atoms with van der Waals surface area (Å²) in [5, 5.41) is 8.92. The van der Waals surface area contributed by atoms with Crippen molar-refractivity contribution >= 4 is 40.8 Å². The Labute approximate surface area is 181 Å². The topological polar surface area (TPSA) is 111 Å². The van der Waals surface area contributed by atoms with Crippen LogP contribution in [0.1, 0.15) is 23.0 Å². The maximum atomic E-state index is 14.2. The van der Waals surface area contributed by atoms with E-state index in [1.807, 2.05) is 0 Å². The van der Waals surface area contributed by atoms with Crippen molar-refractivity contribution in [2.45, 2.75) is 13.8 Å². The Hall–Kier alpha value is -3.72. The van der Waals surface area contributed by atoms with Gasteiger partial charge in [-0.2, -0.15) is 0 Å². The van der Waals surface area contributed by atoms with Crippen LogP contribution in [0.25, 0.3) is 11.3 Å². The van der Waals surface area contributed by atoms with Gasteiger partial charge in [0.15, 0.2) is 6.61 Å². The Kier molecular flexibility index (Phi) is 6.66. The highest BCUT2D eigenvalue weighted by Crippen LogP contribution is 2.33. The molecular weight excluding hydrogens is 429 g/mol. The fraction of sp³-hybridized carbons (Fsp3) is 0.143. The van der Waals surface area contributed by atoms with Crippen molar-refractivity contribution < 1.29 is 28.0 Å². The monoisotopic (exact) mass is 445 g/mol. The lowest BCUT2D eigenvalue weighted by molar-refractivity contribution is -0.119. The van der Waals surface area contributed by atoms with Gasteiger partial charge in [0.2, 0.25) is 5.91 Å². The first-order chi connectivity index (χ1) is 14.8. The van der Waals surface area contributed by atoms with Crippen LogP contribution in [-0.4, -0.2) is 29.5 Å². The molecule has 2 N–H and O–H groups in total. The van der Waals surface area contributed by atoms with E-state index in [0.29, 0.717) is 11.4 Å². The molecule has 160 valence electrons. The van der Waals surface area contributed by atoms with Crippen molar-refractivity contribution in [3.63, 3.8) is 0 Å². The number of halogens is 2. The zero-order valence-corrected chi connectivity index (χ0v) is 17.2. The van der Waals surface area contributed by atoms with E-state index in [1.165, 1.54) is 32.0 Å². The largest absolute Gasteiger partial charge is 0.452 e. The minimum absolute atomic E-state index is 0.0443. The van der Waals surface area contributed by atoms with Gasteiger partial charge in [0.1, 0.15) is 22.8 Å². The second-order valence-electron chi connectivity index (χ2n) is 6.44.